The van der Waals surface area contributed by atoms with Crippen LogP contribution >= 0.6 is 0 Å². The van der Waals surface area contributed by atoms with Crippen LogP contribution in [0.3, 0.4) is 0 Å². The highest BCUT2D eigenvalue weighted by molar-refractivity contribution is 7.89. The molecule has 1 unspecified atom stereocenters. The van der Waals surface area contributed by atoms with E-state index in [1.807, 2.05) is 45.0 Å². The molecule has 0 heterocycles. The standard InChI is InChI=1S/C20H27N3O3S/c1-4-23(5-2)27(25,26)18-12-8-16(9-13-18)14-22-20(24)19(21)17-10-6-15(3)7-11-17/h6-13,19H,4-5,14,21H2,1-3H3,(H,22,24). The van der Waals surface area contributed by atoms with Gasteiger partial charge in [0.15, 0.2) is 0 Å². The van der Waals surface area contributed by atoms with Crippen LogP contribution in [-0.4, -0.2) is 31.7 Å². The predicted molar refractivity (Wildman–Crippen MR) is 107 cm³/mol. The molecule has 146 valence electrons. The van der Waals surface area contributed by atoms with Gasteiger partial charge in [-0.25, -0.2) is 8.42 Å². The van der Waals surface area contributed by atoms with Gasteiger partial charge in [-0.3, -0.25) is 4.79 Å². The molecular weight excluding hydrogens is 362 g/mol. The van der Waals surface area contributed by atoms with E-state index in [4.69, 9.17) is 5.73 Å². The molecule has 2 aromatic rings. The van der Waals surface area contributed by atoms with Gasteiger partial charge in [-0.2, -0.15) is 4.31 Å². The van der Waals surface area contributed by atoms with E-state index in [9.17, 15) is 13.2 Å². The van der Waals surface area contributed by atoms with Gasteiger partial charge >= 0.3 is 0 Å². The summed E-state index contributed by atoms with van der Waals surface area (Å²) in [5.74, 6) is -0.279. The van der Waals surface area contributed by atoms with Crippen LogP contribution < -0.4 is 11.1 Å². The fourth-order valence-electron chi connectivity index (χ4n) is 2.72. The Bertz CT molecular complexity index is 858. The van der Waals surface area contributed by atoms with E-state index >= 15 is 0 Å². The van der Waals surface area contributed by atoms with Crippen LogP contribution in [0.5, 0.6) is 0 Å². The van der Waals surface area contributed by atoms with E-state index < -0.39 is 16.1 Å². The summed E-state index contributed by atoms with van der Waals surface area (Å²) in [5.41, 5.74) is 8.66. The Hall–Kier alpha value is -2.22. The highest BCUT2D eigenvalue weighted by Crippen LogP contribution is 2.16. The van der Waals surface area contributed by atoms with Crippen LogP contribution in [0.15, 0.2) is 53.4 Å². The van der Waals surface area contributed by atoms with Gasteiger partial charge in [0.25, 0.3) is 0 Å². The summed E-state index contributed by atoms with van der Waals surface area (Å²) in [7, 11) is -3.48. The largest absolute Gasteiger partial charge is 0.350 e. The lowest BCUT2D eigenvalue weighted by Crippen LogP contribution is -2.33. The molecule has 0 fully saturated rings. The minimum Gasteiger partial charge on any atom is -0.350 e. The Morgan fingerprint density at radius 2 is 1.59 bits per heavy atom. The highest BCUT2D eigenvalue weighted by atomic mass is 32.2. The molecule has 2 aromatic carbocycles. The Morgan fingerprint density at radius 3 is 2.11 bits per heavy atom. The van der Waals surface area contributed by atoms with Crippen molar-refractivity contribution < 1.29 is 13.2 Å². The molecule has 3 N–H and O–H groups in total. The zero-order valence-electron chi connectivity index (χ0n) is 16.0. The minimum absolute atomic E-state index is 0.248. The summed E-state index contributed by atoms with van der Waals surface area (Å²) < 4.78 is 26.4. The van der Waals surface area contributed by atoms with E-state index in [0.29, 0.717) is 13.1 Å². The Balaban J connectivity index is 2.00. The van der Waals surface area contributed by atoms with E-state index in [1.165, 1.54) is 4.31 Å². The number of nitrogens with one attached hydrogen (secondary N) is 1. The third kappa shape index (κ3) is 5.15. The average Bonchev–Trinajstić information content (AvgIpc) is 2.67. The number of hydrogen-bond acceptors (Lipinski definition) is 4. The number of rotatable bonds is 8. The molecule has 1 amide bonds. The van der Waals surface area contributed by atoms with Crippen molar-refractivity contribution in [3.8, 4) is 0 Å². The fraction of sp³-hybridized carbons (Fsp3) is 0.350. The molecule has 0 spiro atoms. The van der Waals surface area contributed by atoms with Crippen LogP contribution in [0.4, 0.5) is 0 Å². The monoisotopic (exact) mass is 389 g/mol. The van der Waals surface area contributed by atoms with Gasteiger partial charge in [0.05, 0.1) is 4.90 Å². The SMILES string of the molecule is CCN(CC)S(=O)(=O)c1ccc(CNC(=O)C(N)c2ccc(C)cc2)cc1. The van der Waals surface area contributed by atoms with Gasteiger partial charge in [0, 0.05) is 19.6 Å². The lowest BCUT2D eigenvalue weighted by Gasteiger charge is -2.18. The normalized spacial score (nSPS) is 12.8. The number of benzene rings is 2. The molecule has 0 saturated heterocycles. The van der Waals surface area contributed by atoms with E-state index in [1.54, 1.807) is 24.3 Å². The van der Waals surface area contributed by atoms with Crippen molar-refractivity contribution in [3.63, 3.8) is 0 Å². The second kappa shape index (κ2) is 9.12. The molecule has 0 aromatic heterocycles. The Kier molecular flexibility index (Phi) is 7.12. The number of amides is 1. The molecule has 7 heteroatoms. The summed E-state index contributed by atoms with van der Waals surface area (Å²) >= 11 is 0. The molecule has 0 saturated carbocycles. The van der Waals surface area contributed by atoms with Crippen molar-refractivity contribution in [1.29, 1.82) is 0 Å². The van der Waals surface area contributed by atoms with E-state index in [2.05, 4.69) is 5.32 Å². The molecule has 27 heavy (non-hydrogen) atoms. The second-order valence-electron chi connectivity index (χ2n) is 6.34. The molecule has 0 aliphatic carbocycles. The summed E-state index contributed by atoms with van der Waals surface area (Å²) in [4.78, 5) is 12.5. The van der Waals surface area contributed by atoms with Gasteiger partial charge in [-0.1, -0.05) is 55.8 Å². The zero-order valence-corrected chi connectivity index (χ0v) is 16.8. The molecule has 0 aliphatic rings. The first-order chi connectivity index (χ1) is 12.8. The van der Waals surface area contributed by atoms with Crippen molar-refractivity contribution in [2.75, 3.05) is 13.1 Å². The summed E-state index contributed by atoms with van der Waals surface area (Å²) in [6.45, 7) is 6.72. The molecule has 1 atom stereocenters. The quantitative estimate of drug-likeness (QED) is 0.725. The maximum absolute atomic E-state index is 12.5. The van der Waals surface area contributed by atoms with Gasteiger partial charge < -0.3 is 11.1 Å². The van der Waals surface area contributed by atoms with Crippen LogP contribution in [-0.2, 0) is 21.4 Å². The summed E-state index contributed by atoms with van der Waals surface area (Å²) in [5, 5.41) is 2.79. The van der Waals surface area contributed by atoms with Crippen LogP contribution in [0.25, 0.3) is 0 Å². The van der Waals surface area contributed by atoms with Gasteiger partial charge in [0.2, 0.25) is 15.9 Å². The number of hydrogen-bond donors (Lipinski definition) is 2. The average molecular weight is 390 g/mol. The number of nitrogens with zero attached hydrogens (tertiary/aromatic N) is 1. The maximum Gasteiger partial charge on any atom is 0.243 e. The number of carbonyl (C=O) groups excluding carboxylic acids is 1. The summed E-state index contributed by atoms with van der Waals surface area (Å²) in [6.07, 6.45) is 0. The minimum atomic E-state index is -3.48. The lowest BCUT2D eigenvalue weighted by atomic mass is 10.1. The molecule has 2 rings (SSSR count). The highest BCUT2D eigenvalue weighted by Gasteiger charge is 2.21. The predicted octanol–water partition coefficient (Wildman–Crippen LogP) is 2.34. The van der Waals surface area contributed by atoms with Crippen LogP contribution in [0, 0.1) is 6.92 Å². The molecule has 0 radical (unpaired) electrons. The van der Waals surface area contributed by atoms with E-state index in [0.717, 1.165) is 16.7 Å². The Morgan fingerprint density at radius 1 is 1.04 bits per heavy atom. The molecule has 0 bridgehead atoms. The topological polar surface area (TPSA) is 92.5 Å². The van der Waals surface area contributed by atoms with Crippen LogP contribution in [0.1, 0.15) is 36.6 Å². The molecule has 0 aliphatic heterocycles. The number of sulfonamides is 1. The van der Waals surface area contributed by atoms with Gasteiger partial charge in [0.1, 0.15) is 6.04 Å². The molecule has 6 nitrogen and oxygen atoms in total. The van der Waals surface area contributed by atoms with Crippen molar-refractivity contribution in [3.05, 3.63) is 65.2 Å². The first-order valence-electron chi connectivity index (χ1n) is 8.98. The number of aryl methyl sites for hydroxylation is 1. The first kappa shape index (κ1) is 21.1. The van der Waals surface area contributed by atoms with Crippen molar-refractivity contribution in [1.82, 2.24) is 9.62 Å². The van der Waals surface area contributed by atoms with Crippen LogP contribution in [0.2, 0.25) is 0 Å². The second-order valence-corrected chi connectivity index (χ2v) is 8.28. The smallest absolute Gasteiger partial charge is 0.243 e. The lowest BCUT2D eigenvalue weighted by molar-refractivity contribution is -0.122. The Labute approximate surface area is 161 Å². The van der Waals surface area contributed by atoms with Crippen molar-refractivity contribution in [2.45, 2.75) is 38.3 Å². The van der Waals surface area contributed by atoms with E-state index in [-0.39, 0.29) is 17.3 Å². The summed E-state index contributed by atoms with van der Waals surface area (Å²) in [6, 6.07) is 13.3. The van der Waals surface area contributed by atoms with Gasteiger partial charge in [-0.15, -0.1) is 0 Å². The zero-order chi connectivity index (χ0) is 20.0. The molecular formula is C20H27N3O3S. The first-order valence-corrected chi connectivity index (χ1v) is 10.4. The van der Waals surface area contributed by atoms with Gasteiger partial charge in [-0.05, 0) is 30.2 Å². The van der Waals surface area contributed by atoms with Crippen molar-refractivity contribution in [2.24, 2.45) is 5.73 Å². The van der Waals surface area contributed by atoms with Crippen molar-refractivity contribution >= 4 is 15.9 Å². The number of nitrogens with two attached hydrogens (primary N) is 1. The third-order valence-electron chi connectivity index (χ3n) is 4.45. The maximum atomic E-state index is 12.5. The number of carbonyl (C=O) groups is 1. The fourth-order valence-corrected chi connectivity index (χ4v) is 4.17. The third-order valence-corrected chi connectivity index (χ3v) is 6.52.